The number of hydrogen-bond acceptors (Lipinski definition) is 4. The van der Waals surface area contributed by atoms with Gasteiger partial charge in [0.1, 0.15) is 12.4 Å². The van der Waals surface area contributed by atoms with Gasteiger partial charge in [-0.1, -0.05) is 49.1 Å². The van der Waals surface area contributed by atoms with Crippen molar-refractivity contribution >= 4 is 17.6 Å². The van der Waals surface area contributed by atoms with Gasteiger partial charge in [0.25, 0.3) is 0 Å². The average molecular weight is 353 g/mol. The summed E-state index contributed by atoms with van der Waals surface area (Å²) in [5.41, 5.74) is 1.73. The summed E-state index contributed by atoms with van der Waals surface area (Å²) in [4.78, 5) is 23.7. The molecular weight excluding hydrogens is 330 g/mol. The molecule has 0 bridgehead atoms. The molecule has 0 aromatic heterocycles. The third kappa shape index (κ3) is 7.21. The third-order valence-electron chi connectivity index (χ3n) is 3.54. The molecule has 2 aromatic rings. The monoisotopic (exact) mass is 353 g/mol. The number of esters is 1. The second kappa shape index (κ2) is 10.7. The van der Waals surface area contributed by atoms with Crippen LogP contribution in [0.3, 0.4) is 0 Å². The van der Waals surface area contributed by atoms with Gasteiger partial charge in [-0.25, -0.2) is 0 Å². The summed E-state index contributed by atoms with van der Waals surface area (Å²) < 4.78 is 10.6. The van der Waals surface area contributed by atoms with Crippen molar-refractivity contribution < 1.29 is 19.1 Å². The molecule has 0 aliphatic carbocycles. The van der Waals surface area contributed by atoms with Crippen molar-refractivity contribution in [2.75, 3.05) is 18.5 Å². The van der Waals surface area contributed by atoms with E-state index in [1.54, 1.807) is 30.3 Å². The van der Waals surface area contributed by atoms with Crippen molar-refractivity contribution in [2.24, 2.45) is 0 Å². The van der Waals surface area contributed by atoms with Crippen LogP contribution in [0.4, 0.5) is 5.69 Å². The van der Waals surface area contributed by atoms with E-state index in [1.807, 2.05) is 30.3 Å². The van der Waals surface area contributed by atoms with Crippen molar-refractivity contribution in [3.8, 4) is 5.75 Å². The second-order valence-corrected chi connectivity index (χ2v) is 5.63. The van der Waals surface area contributed by atoms with Crippen LogP contribution in [-0.2, 0) is 20.7 Å². The number of benzene rings is 2. The molecule has 26 heavy (non-hydrogen) atoms. The van der Waals surface area contributed by atoms with Gasteiger partial charge in [0.05, 0.1) is 13.0 Å². The van der Waals surface area contributed by atoms with E-state index >= 15 is 0 Å². The van der Waals surface area contributed by atoms with E-state index in [-0.39, 0.29) is 24.7 Å². The highest BCUT2D eigenvalue weighted by molar-refractivity contribution is 5.92. The summed E-state index contributed by atoms with van der Waals surface area (Å²) in [5.74, 6) is 0.0213. The Morgan fingerprint density at radius 1 is 1.04 bits per heavy atom. The molecule has 0 atom stereocenters. The van der Waals surface area contributed by atoms with Crippen molar-refractivity contribution in [1.82, 2.24) is 0 Å². The summed E-state index contributed by atoms with van der Waals surface area (Å²) in [7, 11) is 0. The zero-order valence-corrected chi connectivity index (χ0v) is 14.6. The first-order chi connectivity index (χ1) is 12.7. The van der Waals surface area contributed by atoms with E-state index in [2.05, 4.69) is 11.9 Å². The summed E-state index contributed by atoms with van der Waals surface area (Å²) in [6.07, 6.45) is 2.43. The van der Waals surface area contributed by atoms with E-state index in [1.165, 1.54) is 0 Å². The standard InChI is InChI=1S/C21H23NO4/c1-2-14-25-19-10-6-9-18(16-19)22-20(23)11-12-21(24)26-15-13-17-7-4-3-5-8-17/h2-10,16H,1,11-15H2,(H,22,23). The van der Waals surface area contributed by atoms with Crippen molar-refractivity contribution in [2.45, 2.75) is 19.3 Å². The lowest BCUT2D eigenvalue weighted by atomic mass is 10.2. The number of carbonyl (C=O) groups is 2. The second-order valence-electron chi connectivity index (χ2n) is 5.63. The Balaban J connectivity index is 1.67. The third-order valence-corrected chi connectivity index (χ3v) is 3.54. The maximum atomic E-state index is 12.0. The fraction of sp³-hybridized carbons (Fsp3) is 0.238. The minimum atomic E-state index is -0.376. The maximum Gasteiger partial charge on any atom is 0.306 e. The zero-order chi connectivity index (χ0) is 18.6. The molecule has 136 valence electrons. The molecule has 0 unspecified atom stereocenters. The van der Waals surface area contributed by atoms with Crippen LogP contribution in [-0.4, -0.2) is 25.1 Å². The molecule has 1 amide bonds. The first-order valence-corrected chi connectivity index (χ1v) is 8.50. The van der Waals surface area contributed by atoms with Gasteiger partial charge < -0.3 is 14.8 Å². The molecule has 0 saturated carbocycles. The highest BCUT2D eigenvalue weighted by atomic mass is 16.5. The van der Waals surface area contributed by atoms with E-state index < -0.39 is 0 Å². The molecule has 1 N–H and O–H groups in total. The Morgan fingerprint density at radius 2 is 1.85 bits per heavy atom. The van der Waals surface area contributed by atoms with Crippen LogP contribution in [0, 0.1) is 0 Å². The molecule has 0 heterocycles. The number of anilines is 1. The summed E-state index contributed by atoms with van der Waals surface area (Å²) in [6, 6.07) is 16.8. The molecular formula is C21H23NO4. The molecule has 0 aliphatic rings. The van der Waals surface area contributed by atoms with Gasteiger partial charge in [0, 0.05) is 24.6 Å². The molecule has 5 nitrogen and oxygen atoms in total. The van der Waals surface area contributed by atoms with Gasteiger partial charge in [0.2, 0.25) is 5.91 Å². The topological polar surface area (TPSA) is 64.6 Å². The zero-order valence-electron chi connectivity index (χ0n) is 14.6. The smallest absolute Gasteiger partial charge is 0.306 e. The lowest BCUT2D eigenvalue weighted by Gasteiger charge is -2.08. The Hall–Kier alpha value is -3.08. The number of hydrogen-bond donors (Lipinski definition) is 1. The quantitative estimate of drug-likeness (QED) is 0.522. The minimum Gasteiger partial charge on any atom is -0.489 e. The van der Waals surface area contributed by atoms with E-state index in [0.29, 0.717) is 31.1 Å². The van der Waals surface area contributed by atoms with Gasteiger partial charge in [-0.05, 0) is 17.7 Å². The highest BCUT2D eigenvalue weighted by Gasteiger charge is 2.09. The summed E-state index contributed by atoms with van der Waals surface area (Å²) in [5, 5.41) is 2.74. The van der Waals surface area contributed by atoms with Gasteiger partial charge in [-0.15, -0.1) is 0 Å². The van der Waals surface area contributed by atoms with Crippen LogP contribution >= 0.6 is 0 Å². The molecule has 0 aliphatic heterocycles. The number of nitrogens with one attached hydrogen (secondary N) is 1. The number of ether oxygens (including phenoxy) is 2. The predicted octanol–water partition coefficient (Wildman–Crippen LogP) is 3.76. The SMILES string of the molecule is C=CCOc1cccc(NC(=O)CCC(=O)OCCc2ccccc2)c1. The predicted molar refractivity (Wildman–Crippen MR) is 101 cm³/mol. The number of rotatable bonds is 10. The van der Waals surface area contributed by atoms with Crippen molar-refractivity contribution in [1.29, 1.82) is 0 Å². The molecule has 0 spiro atoms. The van der Waals surface area contributed by atoms with Crippen LogP contribution in [0.1, 0.15) is 18.4 Å². The van der Waals surface area contributed by atoms with Crippen LogP contribution in [0.15, 0.2) is 67.3 Å². The average Bonchev–Trinajstić information content (AvgIpc) is 2.66. The minimum absolute atomic E-state index is 0.0489. The van der Waals surface area contributed by atoms with Crippen LogP contribution in [0.2, 0.25) is 0 Å². The van der Waals surface area contributed by atoms with Gasteiger partial charge >= 0.3 is 5.97 Å². The molecule has 0 fully saturated rings. The molecule has 2 aromatic carbocycles. The lowest BCUT2D eigenvalue weighted by molar-refractivity contribution is -0.144. The van der Waals surface area contributed by atoms with Crippen LogP contribution in [0.5, 0.6) is 5.75 Å². The number of amides is 1. The molecule has 2 rings (SSSR count). The van der Waals surface area contributed by atoms with Crippen LogP contribution in [0.25, 0.3) is 0 Å². The molecule has 5 heteroatoms. The van der Waals surface area contributed by atoms with Crippen molar-refractivity contribution in [3.05, 3.63) is 72.8 Å². The normalized spacial score (nSPS) is 10.0. The Morgan fingerprint density at radius 3 is 2.62 bits per heavy atom. The number of carbonyl (C=O) groups excluding carboxylic acids is 2. The highest BCUT2D eigenvalue weighted by Crippen LogP contribution is 2.17. The van der Waals surface area contributed by atoms with E-state index in [9.17, 15) is 9.59 Å². The Labute approximate surface area is 153 Å². The van der Waals surface area contributed by atoms with Crippen molar-refractivity contribution in [3.63, 3.8) is 0 Å². The molecule has 0 saturated heterocycles. The Kier molecular flexibility index (Phi) is 7.93. The maximum absolute atomic E-state index is 12.0. The fourth-order valence-electron chi connectivity index (χ4n) is 2.26. The first-order valence-electron chi connectivity index (χ1n) is 8.50. The first kappa shape index (κ1) is 19.2. The van der Waals surface area contributed by atoms with Crippen LogP contribution < -0.4 is 10.1 Å². The van der Waals surface area contributed by atoms with Gasteiger partial charge in [-0.3, -0.25) is 9.59 Å². The van der Waals surface area contributed by atoms with Gasteiger partial charge in [-0.2, -0.15) is 0 Å². The Bertz CT molecular complexity index is 728. The summed E-state index contributed by atoms with van der Waals surface area (Å²) >= 11 is 0. The van der Waals surface area contributed by atoms with E-state index in [0.717, 1.165) is 5.56 Å². The summed E-state index contributed by atoms with van der Waals surface area (Å²) in [6.45, 7) is 4.29. The fourth-order valence-corrected chi connectivity index (χ4v) is 2.26. The largest absolute Gasteiger partial charge is 0.489 e. The van der Waals surface area contributed by atoms with E-state index in [4.69, 9.17) is 9.47 Å². The molecule has 0 radical (unpaired) electrons. The lowest BCUT2D eigenvalue weighted by Crippen LogP contribution is -2.15. The van der Waals surface area contributed by atoms with Gasteiger partial charge in [0.15, 0.2) is 0 Å².